The van der Waals surface area contributed by atoms with Gasteiger partial charge in [-0.05, 0) is 28.3 Å². The molecular formula is C13H13BrFN3OS2. The first-order chi connectivity index (χ1) is 10.0. The second kappa shape index (κ2) is 7.33. The third-order valence-corrected chi connectivity index (χ3v) is 5.33. The molecule has 2 heterocycles. The maximum Gasteiger partial charge on any atom is 0.228 e. The number of hydrogen-bond acceptors (Lipinski definition) is 5. The number of rotatable bonds is 5. The van der Waals surface area contributed by atoms with Gasteiger partial charge in [-0.1, -0.05) is 18.3 Å². The first-order valence-electron chi connectivity index (χ1n) is 6.08. The van der Waals surface area contributed by atoms with Crippen molar-refractivity contribution in [2.24, 2.45) is 5.92 Å². The minimum atomic E-state index is -0.419. The smallest absolute Gasteiger partial charge is 0.228 e. The highest BCUT2D eigenvalue weighted by Crippen LogP contribution is 2.35. The van der Waals surface area contributed by atoms with Crippen LogP contribution < -0.4 is 5.32 Å². The number of carbonyl (C=O) groups excluding carboxylic acids is 1. The van der Waals surface area contributed by atoms with E-state index >= 15 is 0 Å². The van der Waals surface area contributed by atoms with E-state index < -0.39 is 5.82 Å². The molecule has 112 valence electrons. The third-order valence-electron chi connectivity index (χ3n) is 2.64. The van der Waals surface area contributed by atoms with Crippen LogP contribution in [0.15, 0.2) is 23.1 Å². The molecular weight excluding hydrogens is 377 g/mol. The topological polar surface area (TPSA) is 54.9 Å². The fraction of sp³-hybridized carbons (Fsp3) is 0.308. The van der Waals surface area contributed by atoms with Gasteiger partial charge in [-0.25, -0.2) is 9.37 Å². The average Bonchev–Trinajstić information content (AvgIpc) is 2.80. The number of thioether (sulfide) groups is 1. The molecule has 1 atom stereocenters. The number of nitrogens with zero attached hydrogens (tertiary/aromatic N) is 2. The molecule has 2 rings (SSSR count). The van der Waals surface area contributed by atoms with E-state index in [1.165, 1.54) is 23.6 Å². The highest BCUT2D eigenvalue weighted by atomic mass is 79.9. The van der Waals surface area contributed by atoms with Gasteiger partial charge in [-0.15, -0.1) is 0 Å². The summed E-state index contributed by atoms with van der Waals surface area (Å²) in [6, 6.07) is 1.36. The predicted molar refractivity (Wildman–Crippen MR) is 89.2 cm³/mol. The largest absolute Gasteiger partial charge is 0.315 e. The zero-order valence-electron chi connectivity index (χ0n) is 11.4. The second-order valence-corrected chi connectivity index (χ2v) is 7.04. The van der Waals surface area contributed by atoms with E-state index in [9.17, 15) is 9.18 Å². The maximum absolute atomic E-state index is 13.2. The SMILES string of the molecule is CSCC(C)C(=O)Nc1sc(-c2cncc(F)c2)nc1Br. The molecule has 0 spiro atoms. The molecule has 0 aromatic carbocycles. The summed E-state index contributed by atoms with van der Waals surface area (Å²) in [5, 5.41) is 4.06. The van der Waals surface area contributed by atoms with Crippen molar-refractivity contribution in [3.63, 3.8) is 0 Å². The van der Waals surface area contributed by atoms with Crippen LogP contribution in [0.4, 0.5) is 9.39 Å². The molecule has 1 unspecified atom stereocenters. The molecule has 1 N–H and O–H groups in total. The fourth-order valence-electron chi connectivity index (χ4n) is 1.59. The molecule has 8 heteroatoms. The van der Waals surface area contributed by atoms with E-state index in [1.54, 1.807) is 11.8 Å². The molecule has 0 saturated heterocycles. The number of amides is 1. The summed E-state index contributed by atoms with van der Waals surface area (Å²) in [4.78, 5) is 20.1. The van der Waals surface area contributed by atoms with Crippen LogP contribution in [0.3, 0.4) is 0 Å². The van der Waals surface area contributed by atoms with Crippen molar-refractivity contribution in [3.05, 3.63) is 28.9 Å². The zero-order chi connectivity index (χ0) is 15.4. The predicted octanol–water partition coefficient (Wildman–Crippen LogP) is 4.04. The summed E-state index contributed by atoms with van der Waals surface area (Å²) in [7, 11) is 0. The number of carbonyl (C=O) groups is 1. The molecule has 4 nitrogen and oxygen atoms in total. The first-order valence-corrected chi connectivity index (χ1v) is 9.08. The Morgan fingerprint density at radius 2 is 2.33 bits per heavy atom. The Hall–Kier alpha value is -0.990. The number of hydrogen-bond donors (Lipinski definition) is 1. The summed E-state index contributed by atoms with van der Waals surface area (Å²) < 4.78 is 13.7. The van der Waals surface area contributed by atoms with Crippen LogP contribution in [-0.4, -0.2) is 27.9 Å². The van der Waals surface area contributed by atoms with Gasteiger partial charge in [0.1, 0.15) is 20.4 Å². The van der Waals surface area contributed by atoms with E-state index in [0.717, 1.165) is 11.9 Å². The Labute approximate surface area is 138 Å². The molecule has 0 aliphatic heterocycles. The van der Waals surface area contributed by atoms with Crippen LogP contribution in [-0.2, 0) is 4.79 Å². The minimum Gasteiger partial charge on any atom is -0.315 e. The Morgan fingerprint density at radius 1 is 1.57 bits per heavy atom. The number of aromatic nitrogens is 2. The number of pyridine rings is 1. The van der Waals surface area contributed by atoms with Crippen molar-refractivity contribution in [2.45, 2.75) is 6.92 Å². The van der Waals surface area contributed by atoms with Gasteiger partial charge in [0.15, 0.2) is 0 Å². The van der Waals surface area contributed by atoms with Crippen molar-refractivity contribution in [3.8, 4) is 10.6 Å². The summed E-state index contributed by atoms with van der Waals surface area (Å²) in [6.07, 6.45) is 4.64. The summed E-state index contributed by atoms with van der Waals surface area (Å²) in [6.45, 7) is 1.87. The lowest BCUT2D eigenvalue weighted by Gasteiger charge is -2.09. The van der Waals surface area contributed by atoms with Crippen LogP contribution in [0.1, 0.15) is 6.92 Å². The summed E-state index contributed by atoms with van der Waals surface area (Å²) >= 11 is 6.22. The van der Waals surface area contributed by atoms with Crippen LogP contribution in [0.5, 0.6) is 0 Å². The highest BCUT2D eigenvalue weighted by Gasteiger charge is 2.17. The Morgan fingerprint density at radius 3 is 3.00 bits per heavy atom. The number of halogens is 2. The lowest BCUT2D eigenvalue weighted by atomic mass is 10.2. The Bertz CT molecular complexity index is 650. The lowest BCUT2D eigenvalue weighted by molar-refractivity contribution is -0.118. The molecule has 2 aromatic rings. The van der Waals surface area contributed by atoms with Crippen LogP contribution in [0.2, 0.25) is 0 Å². The zero-order valence-corrected chi connectivity index (χ0v) is 14.6. The number of anilines is 1. The molecule has 21 heavy (non-hydrogen) atoms. The molecule has 0 fully saturated rings. The monoisotopic (exact) mass is 389 g/mol. The average molecular weight is 390 g/mol. The van der Waals surface area contributed by atoms with Gasteiger partial charge in [-0.2, -0.15) is 11.8 Å². The number of thiazole rings is 1. The second-order valence-electron chi connectivity index (χ2n) is 4.38. The van der Waals surface area contributed by atoms with E-state index in [2.05, 4.69) is 31.2 Å². The van der Waals surface area contributed by atoms with E-state index in [-0.39, 0.29) is 11.8 Å². The quantitative estimate of drug-likeness (QED) is 0.837. The van der Waals surface area contributed by atoms with Crippen molar-refractivity contribution in [1.82, 2.24) is 9.97 Å². The van der Waals surface area contributed by atoms with E-state index in [1.807, 2.05) is 13.2 Å². The molecule has 2 aromatic heterocycles. The van der Waals surface area contributed by atoms with Gasteiger partial charge < -0.3 is 5.32 Å². The van der Waals surface area contributed by atoms with Crippen LogP contribution in [0, 0.1) is 11.7 Å². The van der Waals surface area contributed by atoms with Crippen molar-refractivity contribution < 1.29 is 9.18 Å². The van der Waals surface area contributed by atoms with Gasteiger partial charge in [0.25, 0.3) is 0 Å². The van der Waals surface area contributed by atoms with E-state index in [4.69, 9.17) is 0 Å². The molecule has 1 amide bonds. The lowest BCUT2D eigenvalue weighted by Crippen LogP contribution is -2.21. The van der Waals surface area contributed by atoms with Gasteiger partial charge in [0, 0.05) is 23.4 Å². The van der Waals surface area contributed by atoms with Crippen LogP contribution in [0.25, 0.3) is 10.6 Å². The number of nitrogens with one attached hydrogen (secondary N) is 1. The normalized spacial score (nSPS) is 12.2. The molecule has 0 aliphatic carbocycles. The van der Waals surface area contributed by atoms with Gasteiger partial charge in [0.2, 0.25) is 5.91 Å². The molecule has 0 aliphatic rings. The van der Waals surface area contributed by atoms with E-state index in [0.29, 0.717) is 20.2 Å². The van der Waals surface area contributed by atoms with Crippen molar-refractivity contribution in [2.75, 3.05) is 17.3 Å². The fourth-order valence-corrected chi connectivity index (χ4v) is 3.72. The minimum absolute atomic E-state index is 0.0578. The maximum atomic E-state index is 13.2. The van der Waals surface area contributed by atoms with Gasteiger partial charge in [0.05, 0.1) is 6.20 Å². The highest BCUT2D eigenvalue weighted by molar-refractivity contribution is 9.10. The molecule has 0 saturated carbocycles. The molecule has 0 radical (unpaired) electrons. The Kier molecular flexibility index (Phi) is 5.72. The van der Waals surface area contributed by atoms with Gasteiger partial charge >= 0.3 is 0 Å². The first kappa shape index (κ1) is 16.4. The third kappa shape index (κ3) is 4.24. The summed E-state index contributed by atoms with van der Waals surface area (Å²) in [5.41, 5.74) is 0.582. The van der Waals surface area contributed by atoms with Gasteiger partial charge in [-0.3, -0.25) is 9.78 Å². The van der Waals surface area contributed by atoms with Crippen molar-refractivity contribution >= 4 is 49.9 Å². The van der Waals surface area contributed by atoms with Crippen LogP contribution >= 0.6 is 39.0 Å². The molecule has 0 bridgehead atoms. The Balaban J connectivity index is 2.18. The standard InChI is InChI=1S/C13H13BrFN3OS2/c1-7(6-20-2)11(19)18-13-10(14)17-12(21-13)8-3-9(15)5-16-4-8/h3-5,7H,6H2,1-2H3,(H,18,19). The van der Waals surface area contributed by atoms with Crippen molar-refractivity contribution in [1.29, 1.82) is 0 Å². The summed E-state index contributed by atoms with van der Waals surface area (Å²) in [5.74, 6) is 0.187.